The van der Waals surface area contributed by atoms with Gasteiger partial charge in [0.25, 0.3) is 11.5 Å². The number of aryl methyl sites for hydroxylation is 1. The van der Waals surface area contributed by atoms with E-state index in [1.165, 1.54) is 10.6 Å². The number of hydrogen-bond donors (Lipinski definition) is 0. The van der Waals surface area contributed by atoms with Crippen molar-refractivity contribution < 1.29 is 14.3 Å². The van der Waals surface area contributed by atoms with Crippen LogP contribution in [-0.2, 0) is 17.8 Å². The Morgan fingerprint density at radius 2 is 1.86 bits per heavy atom. The van der Waals surface area contributed by atoms with Gasteiger partial charge in [0.1, 0.15) is 11.3 Å². The molecule has 232 valence electrons. The maximum atomic E-state index is 13.6. The van der Waals surface area contributed by atoms with E-state index in [4.69, 9.17) is 4.74 Å². The highest BCUT2D eigenvalue weighted by molar-refractivity contribution is 9.10. The van der Waals surface area contributed by atoms with Crippen LogP contribution in [0.4, 0.5) is 0 Å². The summed E-state index contributed by atoms with van der Waals surface area (Å²) in [6.45, 7) is 11.8. The summed E-state index contributed by atoms with van der Waals surface area (Å²) in [5, 5.41) is 8.80. The van der Waals surface area contributed by atoms with Crippen LogP contribution in [0.5, 0.6) is 0 Å². The predicted octanol–water partition coefficient (Wildman–Crippen LogP) is 5.56. The fourth-order valence-electron chi connectivity index (χ4n) is 5.70. The van der Waals surface area contributed by atoms with Crippen LogP contribution in [0.25, 0.3) is 5.69 Å². The van der Waals surface area contributed by atoms with E-state index in [2.05, 4.69) is 26.2 Å². The lowest BCUT2D eigenvalue weighted by atomic mass is 10.0. The third-order valence-electron chi connectivity index (χ3n) is 7.84. The lowest BCUT2D eigenvalue weighted by Crippen LogP contribution is -2.36. The molecule has 1 atom stereocenters. The van der Waals surface area contributed by atoms with Gasteiger partial charge < -0.3 is 14.2 Å². The molecule has 5 rings (SSSR count). The van der Waals surface area contributed by atoms with Crippen LogP contribution in [0.15, 0.2) is 64.1 Å². The molecule has 1 aromatic carbocycles. The Morgan fingerprint density at radius 3 is 2.61 bits per heavy atom. The van der Waals surface area contributed by atoms with Gasteiger partial charge in [-0.05, 0) is 83.7 Å². The SMILES string of the molecule is Cc1cc(C(=O)OC(C)(C)C)c(C)n1Cc1cn(CC2CCCCN(C(=O)c3ccc(=O)n(-c4cccc(Br)c4)c3)C2)nn1. The highest BCUT2D eigenvalue weighted by Gasteiger charge is 2.25. The van der Waals surface area contributed by atoms with Gasteiger partial charge in [0.05, 0.1) is 23.9 Å². The second-order valence-electron chi connectivity index (χ2n) is 12.5. The zero-order valence-electron chi connectivity index (χ0n) is 25.9. The average Bonchev–Trinajstić information content (AvgIpc) is 3.42. The molecule has 1 saturated heterocycles. The van der Waals surface area contributed by atoms with Crippen molar-refractivity contribution in [2.75, 3.05) is 13.1 Å². The van der Waals surface area contributed by atoms with Crippen molar-refractivity contribution in [3.63, 3.8) is 0 Å². The molecule has 0 bridgehead atoms. The van der Waals surface area contributed by atoms with E-state index < -0.39 is 5.60 Å². The van der Waals surface area contributed by atoms with Crippen molar-refractivity contribution in [1.29, 1.82) is 0 Å². The van der Waals surface area contributed by atoms with Gasteiger partial charge in [0.15, 0.2) is 0 Å². The Balaban J connectivity index is 1.26. The molecule has 10 nitrogen and oxygen atoms in total. The quantitative estimate of drug-likeness (QED) is 0.240. The van der Waals surface area contributed by atoms with Crippen molar-refractivity contribution in [2.45, 2.75) is 72.6 Å². The number of carbonyl (C=O) groups excluding carboxylic acids is 2. The van der Waals surface area contributed by atoms with Gasteiger partial charge >= 0.3 is 5.97 Å². The van der Waals surface area contributed by atoms with E-state index in [0.717, 1.165) is 40.8 Å². The van der Waals surface area contributed by atoms with Crippen molar-refractivity contribution in [3.8, 4) is 5.69 Å². The highest BCUT2D eigenvalue weighted by atomic mass is 79.9. The number of ether oxygens (including phenoxy) is 1. The van der Waals surface area contributed by atoms with Crippen LogP contribution >= 0.6 is 15.9 Å². The minimum absolute atomic E-state index is 0.0840. The minimum atomic E-state index is -0.566. The molecule has 1 unspecified atom stereocenters. The molecule has 1 fully saturated rings. The van der Waals surface area contributed by atoms with Crippen LogP contribution < -0.4 is 5.56 Å². The second-order valence-corrected chi connectivity index (χ2v) is 13.4. The van der Waals surface area contributed by atoms with E-state index in [1.54, 1.807) is 12.3 Å². The number of benzene rings is 1. The number of carbonyl (C=O) groups is 2. The second kappa shape index (κ2) is 12.9. The number of esters is 1. The summed E-state index contributed by atoms with van der Waals surface area (Å²) in [7, 11) is 0. The van der Waals surface area contributed by atoms with Gasteiger partial charge in [0, 0.05) is 53.4 Å². The summed E-state index contributed by atoms with van der Waals surface area (Å²) in [6.07, 6.45) is 6.49. The Kier molecular flexibility index (Phi) is 9.24. The number of pyridine rings is 1. The van der Waals surface area contributed by atoms with Crippen LogP contribution in [0.1, 0.15) is 77.8 Å². The number of hydrogen-bond acceptors (Lipinski definition) is 6. The molecule has 4 aromatic rings. The molecular formula is C33H39BrN6O4. The summed E-state index contributed by atoms with van der Waals surface area (Å²) in [4.78, 5) is 40.9. The van der Waals surface area contributed by atoms with E-state index in [-0.39, 0.29) is 23.4 Å². The lowest BCUT2D eigenvalue weighted by molar-refractivity contribution is 0.00684. The fraction of sp³-hybridized carbons (Fsp3) is 0.424. The van der Waals surface area contributed by atoms with Crippen LogP contribution in [0, 0.1) is 19.8 Å². The summed E-state index contributed by atoms with van der Waals surface area (Å²) in [6, 6.07) is 12.4. The Bertz CT molecular complexity index is 1730. The molecule has 1 amide bonds. The summed E-state index contributed by atoms with van der Waals surface area (Å²) >= 11 is 3.46. The average molecular weight is 664 g/mol. The number of nitrogens with zero attached hydrogens (tertiary/aromatic N) is 6. The number of amides is 1. The molecule has 0 radical (unpaired) electrons. The number of aromatic nitrogens is 5. The molecule has 0 N–H and O–H groups in total. The summed E-state index contributed by atoms with van der Waals surface area (Å²) in [5.41, 5.74) is 3.54. The van der Waals surface area contributed by atoms with Crippen molar-refractivity contribution in [3.05, 3.63) is 97.9 Å². The summed E-state index contributed by atoms with van der Waals surface area (Å²) < 4.78 is 11.8. The minimum Gasteiger partial charge on any atom is -0.456 e. The van der Waals surface area contributed by atoms with Gasteiger partial charge in [-0.1, -0.05) is 33.6 Å². The molecule has 44 heavy (non-hydrogen) atoms. The first-order valence-corrected chi connectivity index (χ1v) is 15.7. The first kappa shape index (κ1) is 31.4. The predicted molar refractivity (Wildman–Crippen MR) is 171 cm³/mol. The largest absolute Gasteiger partial charge is 0.456 e. The van der Waals surface area contributed by atoms with E-state index in [9.17, 15) is 14.4 Å². The zero-order chi connectivity index (χ0) is 31.6. The molecule has 0 spiro atoms. The van der Waals surface area contributed by atoms with Crippen molar-refractivity contribution in [1.82, 2.24) is 29.0 Å². The van der Waals surface area contributed by atoms with Gasteiger partial charge in [-0.2, -0.15) is 0 Å². The summed E-state index contributed by atoms with van der Waals surface area (Å²) in [5.74, 6) is -0.208. The zero-order valence-corrected chi connectivity index (χ0v) is 27.5. The van der Waals surface area contributed by atoms with Gasteiger partial charge in [0.2, 0.25) is 0 Å². The van der Waals surface area contributed by atoms with E-state index >= 15 is 0 Å². The van der Waals surface area contributed by atoms with Crippen molar-refractivity contribution >= 4 is 27.8 Å². The van der Waals surface area contributed by atoms with Gasteiger partial charge in [-0.15, -0.1) is 5.10 Å². The third-order valence-corrected chi connectivity index (χ3v) is 8.34. The third kappa shape index (κ3) is 7.38. The number of halogens is 1. The first-order valence-electron chi connectivity index (χ1n) is 14.9. The Labute approximate surface area is 265 Å². The molecule has 4 heterocycles. The topological polar surface area (TPSA) is 104 Å². The van der Waals surface area contributed by atoms with Gasteiger partial charge in [-0.25, -0.2) is 4.79 Å². The lowest BCUT2D eigenvalue weighted by Gasteiger charge is -2.25. The van der Waals surface area contributed by atoms with Crippen LogP contribution in [-0.4, -0.2) is 59.6 Å². The normalized spacial score (nSPS) is 15.7. The Morgan fingerprint density at radius 1 is 1.07 bits per heavy atom. The van der Waals surface area contributed by atoms with E-state index in [1.807, 2.05) is 85.3 Å². The Hall–Kier alpha value is -3.99. The van der Waals surface area contributed by atoms with Gasteiger partial charge in [-0.3, -0.25) is 18.8 Å². The van der Waals surface area contributed by atoms with Crippen LogP contribution in [0.3, 0.4) is 0 Å². The van der Waals surface area contributed by atoms with Crippen molar-refractivity contribution in [2.24, 2.45) is 5.92 Å². The molecule has 0 aliphatic carbocycles. The highest BCUT2D eigenvalue weighted by Crippen LogP contribution is 2.23. The molecule has 0 saturated carbocycles. The maximum absolute atomic E-state index is 13.6. The molecule has 3 aromatic heterocycles. The smallest absolute Gasteiger partial charge is 0.340 e. The molecular weight excluding hydrogens is 624 g/mol. The molecule has 11 heteroatoms. The van der Waals surface area contributed by atoms with Crippen LogP contribution in [0.2, 0.25) is 0 Å². The monoisotopic (exact) mass is 662 g/mol. The number of rotatable bonds is 7. The van der Waals surface area contributed by atoms with E-state index in [0.29, 0.717) is 43.0 Å². The number of likely N-dealkylation sites (tertiary alicyclic amines) is 1. The first-order chi connectivity index (χ1) is 20.9. The maximum Gasteiger partial charge on any atom is 0.340 e. The standard InChI is InChI=1S/C33H39BrN6O4/c1-22-15-29(32(43)44-33(3,4)5)23(2)39(22)21-27-20-38(36-35-27)18-24-9-6-7-14-37(17-24)31(42)25-12-13-30(41)40(19-25)28-11-8-10-26(34)16-28/h8,10-13,15-16,19-20,24H,6-7,9,14,17-18,21H2,1-5H3. The molecule has 1 aliphatic rings. The molecule has 1 aliphatic heterocycles. The fourth-order valence-corrected chi connectivity index (χ4v) is 6.09.